The van der Waals surface area contributed by atoms with Gasteiger partial charge in [-0.2, -0.15) is 0 Å². The number of hydrogen-bond donors (Lipinski definition) is 1. The predicted molar refractivity (Wildman–Crippen MR) is 153 cm³/mol. The van der Waals surface area contributed by atoms with Gasteiger partial charge in [0, 0.05) is 35.1 Å². The van der Waals surface area contributed by atoms with Crippen LogP contribution in [-0.4, -0.2) is 50.5 Å². The maximum Gasteiger partial charge on any atom is 0.244 e. The first kappa shape index (κ1) is 29.5. The van der Waals surface area contributed by atoms with E-state index < -0.39 is 28.5 Å². The van der Waals surface area contributed by atoms with Crippen LogP contribution < -0.4 is 9.62 Å². The predicted octanol–water partition coefficient (Wildman–Crippen LogP) is 4.93. The highest BCUT2D eigenvalue weighted by Gasteiger charge is 2.33. The van der Waals surface area contributed by atoms with Gasteiger partial charge in [0.2, 0.25) is 21.8 Å². The van der Waals surface area contributed by atoms with Gasteiger partial charge in [-0.15, -0.1) is 0 Å². The molecular formula is C28H31Cl2N3O4S. The van der Waals surface area contributed by atoms with Crippen molar-refractivity contribution in [3.8, 4) is 0 Å². The smallest absolute Gasteiger partial charge is 0.244 e. The van der Waals surface area contributed by atoms with Gasteiger partial charge in [-0.3, -0.25) is 13.9 Å². The molecule has 0 saturated carbocycles. The minimum atomic E-state index is -3.82. The Kier molecular flexibility index (Phi) is 10.6. The molecule has 0 unspecified atom stereocenters. The number of carbonyl (C=O) groups excluding carboxylic acids is 2. The summed E-state index contributed by atoms with van der Waals surface area (Å²) in [6.07, 6.45) is 1.97. The number of benzene rings is 3. The van der Waals surface area contributed by atoms with Crippen molar-refractivity contribution in [2.75, 3.05) is 23.7 Å². The molecule has 0 saturated heterocycles. The van der Waals surface area contributed by atoms with Crippen LogP contribution in [0, 0.1) is 0 Å². The maximum atomic E-state index is 14.0. The van der Waals surface area contributed by atoms with Gasteiger partial charge >= 0.3 is 0 Å². The molecule has 0 bridgehead atoms. The van der Waals surface area contributed by atoms with Crippen molar-refractivity contribution in [2.24, 2.45) is 0 Å². The zero-order chi connectivity index (χ0) is 27.7. The Labute approximate surface area is 234 Å². The molecule has 3 aromatic rings. The molecule has 7 nitrogen and oxygen atoms in total. The van der Waals surface area contributed by atoms with Crippen molar-refractivity contribution in [3.63, 3.8) is 0 Å². The Morgan fingerprint density at radius 1 is 0.895 bits per heavy atom. The minimum Gasteiger partial charge on any atom is -0.354 e. The largest absolute Gasteiger partial charge is 0.354 e. The van der Waals surface area contributed by atoms with Gasteiger partial charge in [-0.1, -0.05) is 84.7 Å². The lowest BCUT2D eigenvalue weighted by Crippen LogP contribution is -2.53. The molecule has 3 rings (SSSR count). The molecule has 2 amide bonds. The van der Waals surface area contributed by atoms with E-state index in [0.29, 0.717) is 34.3 Å². The molecule has 1 atom stereocenters. The third-order valence-corrected chi connectivity index (χ3v) is 7.78. The van der Waals surface area contributed by atoms with E-state index >= 15 is 0 Å². The van der Waals surface area contributed by atoms with Crippen LogP contribution in [0.4, 0.5) is 5.69 Å². The van der Waals surface area contributed by atoms with Crippen LogP contribution in [0.1, 0.15) is 24.5 Å². The van der Waals surface area contributed by atoms with Gasteiger partial charge < -0.3 is 10.2 Å². The Hall–Kier alpha value is -3.07. The summed E-state index contributed by atoms with van der Waals surface area (Å²) in [4.78, 5) is 28.8. The SMILES string of the molecule is CCCNC(=O)[C@@H](Cc1ccccc1)N(Cc1c(Cl)cccc1Cl)C(=O)CN(c1ccccc1)S(C)(=O)=O. The first-order chi connectivity index (χ1) is 18.1. The third-order valence-electron chi connectivity index (χ3n) is 5.93. The molecule has 0 aliphatic carbocycles. The molecule has 0 aromatic heterocycles. The van der Waals surface area contributed by atoms with Crippen LogP contribution in [0.3, 0.4) is 0 Å². The maximum absolute atomic E-state index is 14.0. The second-order valence-electron chi connectivity index (χ2n) is 8.82. The van der Waals surface area contributed by atoms with Crippen molar-refractivity contribution >= 4 is 50.7 Å². The zero-order valence-electron chi connectivity index (χ0n) is 21.3. The van der Waals surface area contributed by atoms with Crippen LogP contribution in [0.5, 0.6) is 0 Å². The number of carbonyl (C=O) groups is 2. The van der Waals surface area contributed by atoms with Crippen molar-refractivity contribution in [3.05, 3.63) is 100 Å². The fourth-order valence-corrected chi connectivity index (χ4v) is 5.35. The summed E-state index contributed by atoms with van der Waals surface area (Å²) in [5.41, 5.74) is 1.65. The number of hydrogen-bond acceptors (Lipinski definition) is 4. The molecule has 0 aliphatic heterocycles. The number of nitrogens with one attached hydrogen (secondary N) is 1. The van der Waals surface area contributed by atoms with Crippen molar-refractivity contribution in [1.29, 1.82) is 0 Å². The monoisotopic (exact) mass is 575 g/mol. The lowest BCUT2D eigenvalue weighted by Gasteiger charge is -2.34. The zero-order valence-corrected chi connectivity index (χ0v) is 23.6. The molecule has 10 heteroatoms. The second kappa shape index (κ2) is 13.6. The molecule has 38 heavy (non-hydrogen) atoms. The summed E-state index contributed by atoms with van der Waals surface area (Å²) in [5.74, 6) is -0.916. The molecule has 202 valence electrons. The Morgan fingerprint density at radius 3 is 2.03 bits per heavy atom. The highest BCUT2D eigenvalue weighted by atomic mass is 35.5. The van der Waals surface area contributed by atoms with Crippen LogP contribution in [0.15, 0.2) is 78.9 Å². The van der Waals surface area contributed by atoms with E-state index in [-0.39, 0.29) is 18.9 Å². The average Bonchev–Trinajstić information content (AvgIpc) is 2.89. The summed E-state index contributed by atoms with van der Waals surface area (Å²) < 4.78 is 26.5. The molecule has 0 radical (unpaired) electrons. The summed E-state index contributed by atoms with van der Waals surface area (Å²) in [6.45, 7) is 1.78. The number of amides is 2. The van der Waals surface area contributed by atoms with Gasteiger partial charge in [0.15, 0.2) is 0 Å². The number of anilines is 1. The van der Waals surface area contributed by atoms with Crippen molar-refractivity contribution < 1.29 is 18.0 Å². The number of para-hydroxylation sites is 1. The molecular weight excluding hydrogens is 545 g/mol. The number of rotatable bonds is 12. The topological polar surface area (TPSA) is 86.8 Å². The minimum absolute atomic E-state index is 0.0826. The number of nitrogens with zero attached hydrogens (tertiary/aromatic N) is 2. The fourth-order valence-electron chi connectivity index (χ4n) is 3.98. The lowest BCUT2D eigenvalue weighted by molar-refractivity contribution is -0.140. The molecule has 3 aromatic carbocycles. The summed E-state index contributed by atoms with van der Waals surface area (Å²) >= 11 is 12.9. The highest BCUT2D eigenvalue weighted by molar-refractivity contribution is 7.92. The van der Waals surface area contributed by atoms with E-state index in [4.69, 9.17) is 23.2 Å². The second-order valence-corrected chi connectivity index (χ2v) is 11.5. The fraction of sp³-hybridized carbons (Fsp3) is 0.286. The van der Waals surface area contributed by atoms with Crippen LogP contribution in [0.2, 0.25) is 10.0 Å². The third kappa shape index (κ3) is 7.96. The number of halogens is 2. The first-order valence-electron chi connectivity index (χ1n) is 12.2. The van der Waals surface area contributed by atoms with E-state index in [2.05, 4.69) is 5.32 Å². The van der Waals surface area contributed by atoms with E-state index in [0.717, 1.165) is 16.1 Å². The van der Waals surface area contributed by atoms with E-state index in [1.165, 1.54) is 4.90 Å². The van der Waals surface area contributed by atoms with Gasteiger partial charge in [0.05, 0.1) is 11.9 Å². The Morgan fingerprint density at radius 2 is 1.47 bits per heavy atom. The molecule has 0 fully saturated rings. The van der Waals surface area contributed by atoms with Crippen LogP contribution in [-0.2, 0) is 32.6 Å². The Balaban J connectivity index is 2.07. The van der Waals surface area contributed by atoms with E-state index in [9.17, 15) is 18.0 Å². The summed E-state index contributed by atoms with van der Waals surface area (Å²) in [7, 11) is -3.82. The number of sulfonamides is 1. The van der Waals surface area contributed by atoms with Gasteiger partial charge in [0.25, 0.3) is 0 Å². The lowest BCUT2D eigenvalue weighted by atomic mass is 10.0. The quantitative estimate of drug-likeness (QED) is 0.332. The van der Waals surface area contributed by atoms with Crippen LogP contribution >= 0.6 is 23.2 Å². The van der Waals surface area contributed by atoms with Gasteiger partial charge in [-0.05, 0) is 36.2 Å². The standard InChI is InChI=1S/C28H31Cl2N3O4S/c1-3-17-31-28(35)26(18-21-11-6-4-7-12-21)32(19-23-24(29)15-10-16-25(23)30)27(34)20-33(38(2,36)37)22-13-8-5-9-14-22/h4-16,26H,3,17-20H2,1-2H3,(H,31,35)/t26-/m1/s1. The summed E-state index contributed by atoms with van der Waals surface area (Å²) in [5, 5.41) is 3.56. The first-order valence-corrected chi connectivity index (χ1v) is 14.8. The normalized spacial score (nSPS) is 12.0. The van der Waals surface area contributed by atoms with Crippen LogP contribution in [0.25, 0.3) is 0 Å². The van der Waals surface area contributed by atoms with Gasteiger partial charge in [-0.25, -0.2) is 8.42 Å². The highest BCUT2D eigenvalue weighted by Crippen LogP contribution is 2.28. The van der Waals surface area contributed by atoms with E-state index in [1.54, 1.807) is 48.5 Å². The average molecular weight is 577 g/mol. The van der Waals surface area contributed by atoms with Crippen molar-refractivity contribution in [2.45, 2.75) is 32.4 Å². The summed E-state index contributed by atoms with van der Waals surface area (Å²) in [6, 6.07) is 21.7. The van der Waals surface area contributed by atoms with E-state index in [1.807, 2.05) is 37.3 Å². The van der Waals surface area contributed by atoms with Gasteiger partial charge in [0.1, 0.15) is 12.6 Å². The molecule has 0 aliphatic rings. The Bertz CT molecular complexity index is 1320. The molecule has 0 spiro atoms. The molecule has 1 N–H and O–H groups in total. The van der Waals surface area contributed by atoms with Crippen molar-refractivity contribution in [1.82, 2.24) is 10.2 Å². The molecule has 0 heterocycles.